The zero-order valence-corrected chi connectivity index (χ0v) is 15.2. The summed E-state index contributed by atoms with van der Waals surface area (Å²) in [5.41, 5.74) is 0.996. The fourth-order valence-electron chi connectivity index (χ4n) is 3.92. The standard InChI is InChI=1S/C20H29NO4/c1-14-6-8-17(9-7-14)25-13-20(23)21-12-16(22)11-19(21)15-4-3-5-18(10-15)24-2/h3-5,10,14,16-17,19,22H,6-9,11-13H2,1-2H3/t14?,16-,17?,19-/m0/s1. The molecule has 1 aromatic carbocycles. The Morgan fingerprint density at radius 2 is 2.04 bits per heavy atom. The number of carbonyl (C=O) groups is 1. The van der Waals surface area contributed by atoms with Crippen molar-refractivity contribution in [1.29, 1.82) is 0 Å². The molecule has 1 aromatic rings. The topological polar surface area (TPSA) is 59.0 Å². The number of carbonyl (C=O) groups excluding carboxylic acids is 1. The second kappa shape index (κ2) is 8.19. The van der Waals surface area contributed by atoms with Gasteiger partial charge in [-0.05, 0) is 55.7 Å². The molecule has 1 amide bonds. The number of aliphatic hydroxyl groups excluding tert-OH is 1. The third-order valence-electron chi connectivity index (χ3n) is 5.48. The van der Waals surface area contributed by atoms with Crippen molar-refractivity contribution < 1.29 is 19.4 Å². The molecule has 25 heavy (non-hydrogen) atoms. The van der Waals surface area contributed by atoms with Crippen molar-refractivity contribution in [3.8, 4) is 5.75 Å². The predicted molar refractivity (Wildman–Crippen MR) is 95.4 cm³/mol. The Morgan fingerprint density at radius 1 is 1.28 bits per heavy atom. The lowest BCUT2D eigenvalue weighted by Gasteiger charge is -2.28. The second-order valence-corrected chi connectivity index (χ2v) is 7.42. The summed E-state index contributed by atoms with van der Waals surface area (Å²) in [7, 11) is 1.63. The van der Waals surface area contributed by atoms with Crippen molar-refractivity contribution in [3.05, 3.63) is 29.8 Å². The molecule has 0 aromatic heterocycles. The molecule has 5 nitrogen and oxygen atoms in total. The van der Waals surface area contributed by atoms with E-state index in [4.69, 9.17) is 9.47 Å². The zero-order chi connectivity index (χ0) is 17.8. The predicted octanol–water partition coefficient (Wildman–Crippen LogP) is 2.92. The average molecular weight is 347 g/mol. The molecule has 1 heterocycles. The number of hydrogen-bond acceptors (Lipinski definition) is 4. The van der Waals surface area contributed by atoms with Gasteiger partial charge in [0.2, 0.25) is 5.91 Å². The fraction of sp³-hybridized carbons (Fsp3) is 0.650. The van der Waals surface area contributed by atoms with E-state index in [1.54, 1.807) is 12.0 Å². The van der Waals surface area contributed by atoms with Crippen LogP contribution in [-0.4, -0.2) is 48.4 Å². The van der Waals surface area contributed by atoms with E-state index in [9.17, 15) is 9.90 Å². The van der Waals surface area contributed by atoms with Gasteiger partial charge in [-0.15, -0.1) is 0 Å². The maximum Gasteiger partial charge on any atom is 0.249 e. The van der Waals surface area contributed by atoms with Gasteiger partial charge in [0.15, 0.2) is 0 Å². The number of aliphatic hydroxyl groups is 1. The number of β-amino-alcohol motifs (C(OH)–C–C–N with tert-alkyl or cyclic N) is 1. The minimum atomic E-state index is -0.490. The Balaban J connectivity index is 1.61. The van der Waals surface area contributed by atoms with Crippen LogP contribution >= 0.6 is 0 Å². The van der Waals surface area contributed by atoms with E-state index in [0.29, 0.717) is 13.0 Å². The summed E-state index contributed by atoms with van der Waals surface area (Å²) in [6, 6.07) is 7.60. The lowest BCUT2D eigenvalue weighted by atomic mass is 9.89. The molecule has 138 valence electrons. The SMILES string of the molecule is COc1cccc([C@@H]2C[C@H](O)CN2C(=O)COC2CCC(C)CC2)c1. The van der Waals surface area contributed by atoms with Crippen LogP contribution in [0.3, 0.4) is 0 Å². The van der Waals surface area contributed by atoms with Crippen LogP contribution in [0.4, 0.5) is 0 Å². The first-order chi connectivity index (χ1) is 12.1. The first-order valence-electron chi connectivity index (χ1n) is 9.30. The van der Waals surface area contributed by atoms with Crippen LogP contribution in [0.15, 0.2) is 24.3 Å². The van der Waals surface area contributed by atoms with Gasteiger partial charge in [-0.25, -0.2) is 0 Å². The molecule has 1 aliphatic carbocycles. The molecule has 3 rings (SSSR count). The van der Waals surface area contributed by atoms with Crippen LogP contribution in [0.1, 0.15) is 50.6 Å². The van der Waals surface area contributed by atoms with Gasteiger partial charge in [-0.2, -0.15) is 0 Å². The van der Waals surface area contributed by atoms with Gasteiger partial charge in [-0.3, -0.25) is 4.79 Å². The maximum absolute atomic E-state index is 12.7. The number of hydrogen-bond donors (Lipinski definition) is 1. The quantitative estimate of drug-likeness (QED) is 0.890. The second-order valence-electron chi connectivity index (χ2n) is 7.42. The number of methoxy groups -OCH3 is 1. The highest BCUT2D eigenvalue weighted by Gasteiger charge is 2.35. The third-order valence-corrected chi connectivity index (χ3v) is 5.48. The molecule has 0 bridgehead atoms. The van der Waals surface area contributed by atoms with Crippen LogP contribution in [0.5, 0.6) is 5.75 Å². The van der Waals surface area contributed by atoms with Crippen molar-refractivity contribution in [2.45, 2.75) is 57.3 Å². The smallest absolute Gasteiger partial charge is 0.249 e. The van der Waals surface area contributed by atoms with Crippen LogP contribution in [0, 0.1) is 5.92 Å². The highest BCUT2D eigenvalue weighted by molar-refractivity contribution is 5.78. The summed E-state index contributed by atoms with van der Waals surface area (Å²) >= 11 is 0. The summed E-state index contributed by atoms with van der Waals surface area (Å²) in [5, 5.41) is 10.1. The molecule has 0 unspecified atom stereocenters. The minimum absolute atomic E-state index is 0.0389. The highest BCUT2D eigenvalue weighted by atomic mass is 16.5. The zero-order valence-electron chi connectivity index (χ0n) is 15.2. The number of rotatable bonds is 5. The average Bonchev–Trinajstić information content (AvgIpc) is 3.03. The molecule has 2 fully saturated rings. The Kier molecular flexibility index (Phi) is 5.97. The van der Waals surface area contributed by atoms with E-state index in [-0.39, 0.29) is 24.7 Å². The molecule has 1 saturated heterocycles. The van der Waals surface area contributed by atoms with Gasteiger partial charge in [0, 0.05) is 6.54 Å². The molecule has 2 atom stereocenters. The molecule has 1 N–H and O–H groups in total. The van der Waals surface area contributed by atoms with Crippen molar-refractivity contribution in [3.63, 3.8) is 0 Å². The van der Waals surface area contributed by atoms with Gasteiger partial charge < -0.3 is 19.5 Å². The Labute approximate surface area is 149 Å². The van der Waals surface area contributed by atoms with Crippen molar-refractivity contribution >= 4 is 5.91 Å². The lowest BCUT2D eigenvalue weighted by molar-refractivity contribution is -0.140. The summed E-state index contributed by atoms with van der Waals surface area (Å²) in [6.45, 7) is 2.74. The summed E-state index contributed by atoms with van der Waals surface area (Å²) in [5.74, 6) is 1.49. The van der Waals surface area contributed by atoms with Crippen molar-refractivity contribution in [2.75, 3.05) is 20.3 Å². The van der Waals surface area contributed by atoms with Gasteiger partial charge >= 0.3 is 0 Å². The van der Waals surface area contributed by atoms with Crippen LogP contribution in [-0.2, 0) is 9.53 Å². The Morgan fingerprint density at radius 3 is 2.76 bits per heavy atom. The number of likely N-dealkylation sites (tertiary alicyclic amines) is 1. The van der Waals surface area contributed by atoms with Gasteiger partial charge in [0.1, 0.15) is 12.4 Å². The number of ether oxygens (including phenoxy) is 2. The third kappa shape index (κ3) is 4.53. The van der Waals surface area contributed by atoms with Crippen molar-refractivity contribution in [2.24, 2.45) is 5.92 Å². The fourth-order valence-corrected chi connectivity index (χ4v) is 3.92. The van der Waals surface area contributed by atoms with Crippen LogP contribution < -0.4 is 4.74 Å². The normalized spacial score (nSPS) is 29.6. The highest BCUT2D eigenvalue weighted by Crippen LogP contribution is 2.34. The van der Waals surface area contributed by atoms with Gasteiger partial charge in [-0.1, -0.05) is 19.1 Å². The van der Waals surface area contributed by atoms with Crippen molar-refractivity contribution in [1.82, 2.24) is 4.90 Å². The monoisotopic (exact) mass is 347 g/mol. The molecular formula is C20H29NO4. The van der Waals surface area contributed by atoms with Gasteiger partial charge in [0.25, 0.3) is 0 Å². The number of nitrogens with zero attached hydrogens (tertiary/aromatic N) is 1. The summed E-state index contributed by atoms with van der Waals surface area (Å²) in [6.07, 6.45) is 4.69. The molecule has 0 radical (unpaired) electrons. The lowest BCUT2D eigenvalue weighted by Crippen LogP contribution is -2.36. The van der Waals surface area contributed by atoms with Crippen LogP contribution in [0.2, 0.25) is 0 Å². The molecule has 0 spiro atoms. The van der Waals surface area contributed by atoms with E-state index in [0.717, 1.165) is 30.1 Å². The van der Waals surface area contributed by atoms with E-state index in [1.165, 1.54) is 12.8 Å². The molecule has 5 heteroatoms. The largest absolute Gasteiger partial charge is 0.497 e. The van der Waals surface area contributed by atoms with E-state index < -0.39 is 6.10 Å². The first-order valence-corrected chi connectivity index (χ1v) is 9.30. The number of amides is 1. The van der Waals surface area contributed by atoms with E-state index in [1.807, 2.05) is 24.3 Å². The Hall–Kier alpha value is -1.59. The number of benzene rings is 1. The maximum atomic E-state index is 12.7. The molecule has 2 aliphatic rings. The molecular weight excluding hydrogens is 318 g/mol. The molecule has 1 aliphatic heterocycles. The minimum Gasteiger partial charge on any atom is -0.497 e. The van der Waals surface area contributed by atoms with E-state index >= 15 is 0 Å². The summed E-state index contributed by atoms with van der Waals surface area (Å²) < 4.78 is 11.2. The Bertz CT molecular complexity index is 583. The molecule has 1 saturated carbocycles. The summed E-state index contributed by atoms with van der Waals surface area (Å²) in [4.78, 5) is 14.4. The first kappa shape index (κ1) is 18.2. The van der Waals surface area contributed by atoms with Gasteiger partial charge in [0.05, 0.1) is 25.4 Å². The van der Waals surface area contributed by atoms with Crippen LogP contribution in [0.25, 0.3) is 0 Å². The van der Waals surface area contributed by atoms with E-state index in [2.05, 4.69) is 6.92 Å².